The van der Waals surface area contributed by atoms with E-state index in [9.17, 15) is 9.59 Å². The van der Waals surface area contributed by atoms with Crippen LogP contribution in [0.1, 0.15) is 46.0 Å². The van der Waals surface area contributed by atoms with Gasteiger partial charge < -0.3 is 9.84 Å². The SMILES string of the molecule is CCOC(=O)/C(C)=C1/CCC(=O)C[C@@H]1CCCO. The highest BCUT2D eigenvalue weighted by Crippen LogP contribution is 2.33. The van der Waals surface area contributed by atoms with E-state index < -0.39 is 0 Å². The molecule has 1 atom stereocenters. The van der Waals surface area contributed by atoms with Crippen LogP contribution >= 0.6 is 0 Å². The smallest absolute Gasteiger partial charge is 0.333 e. The molecule has 0 aliphatic heterocycles. The van der Waals surface area contributed by atoms with Crippen LogP contribution in [-0.2, 0) is 14.3 Å². The van der Waals surface area contributed by atoms with Crippen molar-refractivity contribution in [3.05, 3.63) is 11.1 Å². The third-order valence-electron chi connectivity index (χ3n) is 3.41. The van der Waals surface area contributed by atoms with Gasteiger partial charge in [-0.05, 0) is 39.0 Å². The molecule has 0 heterocycles. The fraction of sp³-hybridized carbons (Fsp3) is 0.714. The first-order valence-electron chi connectivity index (χ1n) is 6.59. The molecular weight excluding hydrogens is 232 g/mol. The van der Waals surface area contributed by atoms with E-state index in [1.165, 1.54) is 0 Å². The second-order valence-electron chi connectivity index (χ2n) is 4.68. The maximum atomic E-state index is 11.7. The topological polar surface area (TPSA) is 63.6 Å². The van der Waals surface area contributed by atoms with Crippen molar-refractivity contribution in [2.75, 3.05) is 13.2 Å². The van der Waals surface area contributed by atoms with Gasteiger partial charge in [-0.2, -0.15) is 0 Å². The summed E-state index contributed by atoms with van der Waals surface area (Å²) in [7, 11) is 0. The zero-order chi connectivity index (χ0) is 13.5. The largest absolute Gasteiger partial charge is 0.463 e. The number of aliphatic hydroxyl groups is 1. The molecular formula is C14H22O4. The fourth-order valence-corrected chi connectivity index (χ4v) is 2.46. The number of aliphatic hydroxyl groups excluding tert-OH is 1. The van der Waals surface area contributed by atoms with Crippen molar-refractivity contribution >= 4 is 11.8 Å². The Hall–Kier alpha value is -1.16. The molecule has 1 rings (SSSR count). The molecule has 1 saturated carbocycles. The van der Waals surface area contributed by atoms with Crippen molar-refractivity contribution in [3.8, 4) is 0 Å². The number of Topliss-reactive ketones (excluding diaryl/α,β-unsaturated/α-hetero) is 1. The van der Waals surface area contributed by atoms with Crippen molar-refractivity contribution in [1.29, 1.82) is 0 Å². The van der Waals surface area contributed by atoms with E-state index in [4.69, 9.17) is 9.84 Å². The molecule has 0 aromatic carbocycles. The van der Waals surface area contributed by atoms with Crippen LogP contribution < -0.4 is 0 Å². The molecule has 102 valence electrons. The molecule has 0 saturated heterocycles. The Kier molecular flexibility index (Phi) is 6.05. The number of carbonyl (C=O) groups is 2. The Balaban J connectivity index is 2.83. The number of hydrogen-bond acceptors (Lipinski definition) is 4. The molecule has 0 spiro atoms. The van der Waals surface area contributed by atoms with E-state index in [1.807, 2.05) is 0 Å². The quantitative estimate of drug-likeness (QED) is 0.602. The highest BCUT2D eigenvalue weighted by molar-refractivity contribution is 5.90. The van der Waals surface area contributed by atoms with Crippen LogP contribution in [0.4, 0.5) is 0 Å². The average Bonchev–Trinajstić information content (AvgIpc) is 2.36. The maximum absolute atomic E-state index is 11.7. The summed E-state index contributed by atoms with van der Waals surface area (Å²) in [5.74, 6) is 0.0667. The summed E-state index contributed by atoms with van der Waals surface area (Å²) in [6.45, 7) is 4.04. The normalized spacial score (nSPS) is 22.8. The monoisotopic (exact) mass is 254 g/mol. The van der Waals surface area contributed by atoms with Gasteiger partial charge in [0.05, 0.1) is 6.61 Å². The lowest BCUT2D eigenvalue weighted by Crippen LogP contribution is -2.21. The molecule has 4 heteroatoms. The molecule has 0 amide bonds. The highest BCUT2D eigenvalue weighted by Gasteiger charge is 2.27. The van der Waals surface area contributed by atoms with Gasteiger partial charge in [0.1, 0.15) is 5.78 Å². The number of rotatable bonds is 5. The highest BCUT2D eigenvalue weighted by atomic mass is 16.5. The van der Waals surface area contributed by atoms with Gasteiger partial charge in [0.25, 0.3) is 0 Å². The predicted octanol–water partition coefficient (Wildman–Crippen LogP) is 2.01. The first-order valence-corrected chi connectivity index (χ1v) is 6.59. The van der Waals surface area contributed by atoms with Gasteiger partial charge in [-0.15, -0.1) is 0 Å². The molecule has 0 bridgehead atoms. The lowest BCUT2D eigenvalue weighted by Gasteiger charge is -2.26. The van der Waals surface area contributed by atoms with E-state index in [0.29, 0.717) is 37.9 Å². The Morgan fingerprint density at radius 2 is 2.17 bits per heavy atom. The minimum Gasteiger partial charge on any atom is -0.463 e. The first-order chi connectivity index (χ1) is 8.60. The zero-order valence-corrected chi connectivity index (χ0v) is 11.2. The fourth-order valence-electron chi connectivity index (χ4n) is 2.46. The summed E-state index contributed by atoms with van der Waals surface area (Å²) in [6.07, 6.45) is 3.08. The van der Waals surface area contributed by atoms with Gasteiger partial charge in [0.15, 0.2) is 0 Å². The number of carbonyl (C=O) groups excluding carboxylic acids is 2. The number of esters is 1. The van der Waals surface area contributed by atoms with E-state index in [-0.39, 0.29) is 24.3 Å². The van der Waals surface area contributed by atoms with Crippen LogP contribution in [-0.4, -0.2) is 30.1 Å². The molecule has 0 aromatic heterocycles. The van der Waals surface area contributed by atoms with Gasteiger partial charge >= 0.3 is 5.97 Å². The Bertz CT molecular complexity index is 344. The predicted molar refractivity (Wildman–Crippen MR) is 68.0 cm³/mol. The lowest BCUT2D eigenvalue weighted by molar-refractivity contribution is -0.138. The van der Waals surface area contributed by atoms with Gasteiger partial charge in [0.2, 0.25) is 0 Å². The maximum Gasteiger partial charge on any atom is 0.333 e. The standard InChI is InChI=1S/C14H22O4/c1-3-18-14(17)10(2)13-7-6-12(16)9-11(13)5-4-8-15/h11,15H,3-9H2,1-2H3/b13-10-/t11-/m0/s1. The Labute approximate surface area is 108 Å². The van der Waals surface area contributed by atoms with E-state index >= 15 is 0 Å². The van der Waals surface area contributed by atoms with Gasteiger partial charge in [-0.3, -0.25) is 4.79 Å². The second-order valence-corrected chi connectivity index (χ2v) is 4.68. The molecule has 0 unspecified atom stereocenters. The van der Waals surface area contributed by atoms with Gasteiger partial charge in [-0.1, -0.05) is 5.57 Å². The number of hydrogen-bond donors (Lipinski definition) is 1. The molecule has 1 aliphatic carbocycles. The first kappa shape index (κ1) is 14.9. The van der Waals surface area contributed by atoms with Crippen LogP contribution in [0.5, 0.6) is 0 Å². The number of ether oxygens (including phenoxy) is 1. The lowest BCUT2D eigenvalue weighted by atomic mass is 9.79. The summed E-state index contributed by atoms with van der Waals surface area (Å²) in [6, 6.07) is 0. The Morgan fingerprint density at radius 1 is 1.44 bits per heavy atom. The number of ketones is 1. The van der Waals surface area contributed by atoms with Crippen LogP contribution in [0.25, 0.3) is 0 Å². The summed E-state index contributed by atoms with van der Waals surface area (Å²) in [5.41, 5.74) is 1.69. The van der Waals surface area contributed by atoms with Crippen LogP contribution in [0.3, 0.4) is 0 Å². The molecule has 18 heavy (non-hydrogen) atoms. The van der Waals surface area contributed by atoms with Crippen molar-refractivity contribution in [1.82, 2.24) is 0 Å². The van der Waals surface area contributed by atoms with E-state index in [2.05, 4.69) is 0 Å². The van der Waals surface area contributed by atoms with Crippen molar-refractivity contribution in [2.45, 2.75) is 46.0 Å². The molecule has 0 radical (unpaired) electrons. The summed E-state index contributed by atoms with van der Waals surface area (Å²) >= 11 is 0. The molecule has 1 aliphatic rings. The Morgan fingerprint density at radius 3 is 2.78 bits per heavy atom. The molecule has 1 fully saturated rings. The van der Waals surface area contributed by atoms with Crippen LogP contribution in [0, 0.1) is 5.92 Å². The summed E-state index contributed by atoms with van der Waals surface area (Å²) in [5, 5.41) is 8.89. The van der Waals surface area contributed by atoms with Gasteiger partial charge in [0, 0.05) is 25.0 Å². The van der Waals surface area contributed by atoms with Crippen molar-refractivity contribution in [3.63, 3.8) is 0 Å². The zero-order valence-electron chi connectivity index (χ0n) is 11.2. The van der Waals surface area contributed by atoms with Gasteiger partial charge in [-0.25, -0.2) is 4.79 Å². The third-order valence-corrected chi connectivity index (χ3v) is 3.41. The van der Waals surface area contributed by atoms with Crippen molar-refractivity contribution < 1.29 is 19.4 Å². The molecule has 4 nitrogen and oxygen atoms in total. The van der Waals surface area contributed by atoms with E-state index in [0.717, 1.165) is 12.0 Å². The third kappa shape index (κ3) is 3.95. The minimum absolute atomic E-state index is 0.0998. The summed E-state index contributed by atoms with van der Waals surface area (Å²) in [4.78, 5) is 23.2. The van der Waals surface area contributed by atoms with Crippen molar-refractivity contribution in [2.24, 2.45) is 5.92 Å². The van der Waals surface area contributed by atoms with E-state index in [1.54, 1.807) is 13.8 Å². The summed E-state index contributed by atoms with van der Waals surface area (Å²) < 4.78 is 5.01. The average molecular weight is 254 g/mol. The number of allylic oxidation sites excluding steroid dienone is 1. The molecule has 1 N–H and O–H groups in total. The molecule has 0 aromatic rings. The van der Waals surface area contributed by atoms with Crippen LogP contribution in [0.15, 0.2) is 11.1 Å². The minimum atomic E-state index is -0.282. The second kappa shape index (κ2) is 7.31. The van der Waals surface area contributed by atoms with Crippen LogP contribution in [0.2, 0.25) is 0 Å².